The third kappa shape index (κ3) is 2.79. The van der Waals surface area contributed by atoms with Gasteiger partial charge in [0, 0.05) is 56.4 Å². The maximum absolute atomic E-state index is 12.6. The van der Waals surface area contributed by atoms with Gasteiger partial charge in [-0.25, -0.2) is 4.98 Å². The van der Waals surface area contributed by atoms with E-state index in [9.17, 15) is 4.79 Å². The molecule has 1 aromatic carbocycles. The molecular formula is C18H19N7OS. The molecule has 27 heavy (non-hydrogen) atoms. The summed E-state index contributed by atoms with van der Waals surface area (Å²) in [6, 6.07) is 5.63. The minimum Gasteiger partial charge on any atom is -0.344 e. The van der Waals surface area contributed by atoms with Gasteiger partial charge in [0.1, 0.15) is 0 Å². The van der Waals surface area contributed by atoms with Crippen molar-refractivity contribution in [3.63, 3.8) is 0 Å². The molecule has 4 heterocycles. The average molecular weight is 381 g/mol. The zero-order chi connectivity index (χ0) is 18.5. The zero-order valence-corrected chi connectivity index (χ0v) is 16.0. The van der Waals surface area contributed by atoms with Crippen LogP contribution in [0, 0.1) is 6.92 Å². The van der Waals surface area contributed by atoms with E-state index in [1.165, 1.54) is 15.9 Å². The average Bonchev–Trinajstić information content (AvgIpc) is 3.26. The number of fused-ring (bicyclic) bond motifs is 2. The van der Waals surface area contributed by atoms with Gasteiger partial charge in [-0.1, -0.05) is 11.3 Å². The highest BCUT2D eigenvalue weighted by Gasteiger charge is 2.17. The molecule has 1 aliphatic rings. The SMILES string of the molecule is Cc1cc(-c2cc(=O)n3nc(N4CCNCC4)sc3n2)cc2cn(C)nc12. The highest BCUT2D eigenvalue weighted by Crippen LogP contribution is 2.27. The van der Waals surface area contributed by atoms with Gasteiger partial charge in [0.25, 0.3) is 5.56 Å². The number of benzene rings is 1. The van der Waals surface area contributed by atoms with Crippen LogP contribution in [0.4, 0.5) is 5.13 Å². The van der Waals surface area contributed by atoms with E-state index in [-0.39, 0.29) is 5.56 Å². The highest BCUT2D eigenvalue weighted by atomic mass is 32.1. The van der Waals surface area contributed by atoms with Crippen LogP contribution in [0.5, 0.6) is 0 Å². The molecule has 138 valence electrons. The Morgan fingerprint density at radius 3 is 2.78 bits per heavy atom. The van der Waals surface area contributed by atoms with Gasteiger partial charge in [0.05, 0.1) is 11.2 Å². The Bertz CT molecular complexity index is 1220. The second-order valence-corrected chi connectivity index (χ2v) is 7.76. The smallest absolute Gasteiger partial charge is 0.275 e. The number of piperazine rings is 1. The first-order valence-electron chi connectivity index (χ1n) is 8.89. The minimum absolute atomic E-state index is 0.156. The fourth-order valence-corrected chi connectivity index (χ4v) is 4.47. The van der Waals surface area contributed by atoms with Gasteiger partial charge >= 0.3 is 0 Å². The Kier molecular flexibility index (Phi) is 3.73. The normalized spacial score (nSPS) is 15.1. The lowest BCUT2D eigenvalue weighted by atomic mass is 10.1. The molecule has 1 saturated heterocycles. The van der Waals surface area contributed by atoms with Crippen molar-refractivity contribution in [2.24, 2.45) is 7.05 Å². The van der Waals surface area contributed by atoms with Crippen molar-refractivity contribution in [3.8, 4) is 11.3 Å². The van der Waals surface area contributed by atoms with Gasteiger partial charge in [-0.2, -0.15) is 9.61 Å². The number of hydrogen-bond donors (Lipinski definition) is 1. The molecule has 1 fully saturated rings. The minimum atomic E-state index is -0.156. The lowest BCUT2D eigenvalue weighted by molar-refractivity contribution is 0.585. The maximum Gasteiger partial charge on any atom is 0.275 e. The van der Waals surface area contributed by atoms with Crippen LogP contribution in [0.1, 0.15) is 5.56 Å². The monoisotopic (exact) mass is 381 g/mol. The van der Waals surface area contributed by atoms with Gasteiger partial charge in [-0.15, -0.1) is 5.10 Å². The molecule has 0 radical (unpaired) electrons. The van der Waals surface area contributed by atoms with Crippen LogP contribution in [-0.4, -0.2) is 50.6 Å². The number of aromatic nitrogens is 5. The van der Waals surface area contributed by atoms with Crippen LogP contribution >= 0.6 is 11.3 Å². The maximum atomic E-state index is 12.6. The molecule has 9 heteroatoms. The number of rotatable bonds is 2. The molecule has 0 unspecified atom stereocenters. The Labute approximate surface area is 159 Å². The summed E-state index contributed by atoms with van der Waals surface area (Å²) in [7, 11) is 1.91. The molecule has 0 bridgehead atoms. The van der Waals surface area contributed by atoms with Gasteiger partial charge in [-0.3, -0.25) is 9.48 Å². The van der Waals surface area contributed by atoms with Gasteiger partial charge in [-0.05, 0) is 24.6 Å². The molecule has 5 rings (SSSR count). The summed E-state index contributed by atoms with van der Waals surface area (Å²) >= 11 is 1.46. The molecule has 4 aromatic rings. The number of aryl methyl sites for hydroxylation is 2. The van der Waals surface area contributed by atoms with Crippen LogP contribution in [0.2, 0.25) is 0 Å². The number of anilines is 1. The van der Waals surface area contributed by atoms with E-state index in [4.69, 9.17) is 4.98 Å². The van der Waals surface area contributed by atoms with E-state index >= 15 is 0 Å². The molecule has 1 aliphatic heterocycles. The summed E-state index contributed by atoms with van der Waals surface area (Å²) in [6.07, 6.45) is 1.98. The molecule has 0 aliphatic carbocycles. The van der Waals surface area contributed by atoms with Crippen molar-refractivity contribution >= 4 is 32.3 Å². The van der Waals surface area contributed by atoms with Crippen LogP contribution in [0.15, 0.2) is 29.2 Å². The van der Waals surface area contributed by atoms with E-state index in [0.717, 1.165) is 53.3 Å². The summed E-state index contributed by atoms with van der Waals surface area (Å²) < 4.78 is 3.21. The largest absolute Gasteiger partial charge is 0.344 e. The lowest BCUT2D eigenvalue weighted by Crippen LogP contribution is -2.43. The van der Waals surface area contributed by atoms with Gasteiger partial charge in [0.2, 0.25) is 10.1 Å². The first kappa shape index (κ1) is 16.4. The van der Waals surface area contributed by atoms with E-state index < -0.39 is 0 Å². The quantitative estimate of drug-likeness (QED) is 0.566. The summed E-state index contributed by atoms with van der Waals surface area (Å²) in [5.74, 6) is 0. The summed E-state index contributed by atoms with van der Waals surface area (Å²) in [5, 5.41) is 14.2. The molecule has 3 aromatic heterocycles. The summed E-state index contributed by atoms with van der Waals surface area (Å²) in [5.41, 5.74) is 3.47. The van der Waals surface area contributed by atoms with E-state index in [1.807, 2.05) is 32.3 Å². The van der Waals surface area contributed by atoms with Crippen molar-refractivity contribution in [2.75, 3.05) is 31.1 Å². The van der Waals surface area contributed by atoms with E-state index in [1.54, 1.807) is 10.7 Å². The van der Waals surface area contributed by atoms with Crippen molar-refractivity contribution in [3.05, 3.63) is 40.3 Å². The second kappa shape index (κ2) is 6.14. The van der Waals surface area contributed by atoms with E-state index in [2.05, 4.69) is 20.4 Å². The molecule has 0 amide bonds. The van der Waals surface area contributed by atoms with Crippen molar-refractivity contribution in [2.45, 2.75) is 6.92 Å². The molecule has 0 spiro atoms. The predicted molar refractivity (Wildman–Crippen MR) is 107 cm³/mol. The van der Waals surface area contributed by atoms with Crippen LogP contribution < -0.4 is 15.8 Å². The molecule has 0 saturated carbocycles. The third-order valence-electron chi connectivity index (χ3n) is 4.83. The third-order valence-corrected chi connectivity index (χ3v) is 5.80. The van der Waals surface area contributed by atoms with Crippen LogP contribution in [0.3, 0.4) is 0 Å². The molecule has 0 atom stereocenters. The Balaban J connectivity index is 1.62. The fourth-order valence-electron chi connectivity index (χ4n) is 3.51. The van der Waals surface area contributed by atoms with Crippen LogP contribution in [0.25, 0.3) is 27.1 Å². The molecule has 1 N–H and O–H groups in total. The van der Waals surface area contributed by atoms with Crippen molar-refractivity contribution in [1.82, 2.24) is 29.7 Å². The van der Waals surface area contributed by atoms with Crippen molar-refractivity contribution < 1.29 is 0 Å². The Hall–Kier alpha value is -2.78. The van der Waals surface area contributed by atoms with E-state index in [0.29, 0.717) is 10.7 Å². The number of nitrogens with zero attached hydrogens (tertiary/aromatic N) is 6. The van der Waals surface area contributed by atoms with Crippen molar-refractivity contribution in [1.29, 1.82) is 0 Å². The Morgan fingerprint density at radius 1 is 1.15 bits per heavy atom. The fraction of sp³-hybridized carbons (Fsp3) is 0.333. The standard InChI is InChI=1S/C18H19N7OS/c1-11-7-12(8-13-10-23(2)21-16(11)13)14-9-15(26)25-17(20-14)27-18(22-25)24-5-3-19-4-6-24/h7-10,19H,3-6H2,1-2H3. The highest BCUT2D eigenvalue weighted by molar-refractivity contribution is 7.20. The first-order chi connectivity index (χ1) is 13.1. The number of nitrogens with one attached hydrogen (secondary N) is 1. The molecule has 8 nitrogen and oxygen atoms in total. The first-order valence-corrected chi connectivity index (χ1v) is 9.71. The number of hydrogen-bond acceptors (Lipinski definition) is 7. The van der Waals surface area contributed by atoms with Gasteiger partial charge < -0.3 is 10.2 Å². The second-order valence-electron chi connectivity index (χ2n) is 6.83. The Morgan fingerprint density at radius 2 is 1.96 bits per heavy atom. The zero-order valence-electron chi connectivity index (χ0n) is 15.1. The van der Waals surface area contributed by atoms with Crippen LogP contribution in [-0.2, 0) is 7.05 Å². The van der Waals surface area contributed by atoms with Gasteiger partial charge in [0.15, 0.2) is 0 Å². The predicted octanol–water partition coefficient (Wildman–Crippen LogP) is 1.42. The lowest BCUT2D eigenvalue weighted by Gasteiger charge is -2.26. The summed E-state index contributed by atoms with van der Waals surface area (Å²) in [6.45, 7) is 5.65. The summed E-state index contributed by atoms with van der Waals surface area (Å²) in [4.78, 5) is 20.2. The topological polar surface area (TPSA) is 80.4 Å². The molecular weight excluding hydrogens is 362 g/mol.